The first kappa shape index (κ1) is 16.2. The molecule has 5 nitrogen and oxygen atoms in total. The smallest absolute Gasteiger partial charge is 0.305 e. The van der Waals surface area contributed by atoms with Crippen molar-refractivity contribution in [3.63, 3.8) is 0 Å². The van der Waals surface area contributed by atoms with E-state index in [1.54, 1.807) is 5.38 Å². The molecular formula is C16H18N2O3S. The van der Waals surface area contributed by atoms with Gasteiger partial charge in [0.25, 0.3) is 5.91 Å². The van der Waals surface area contributed by atoms with Gasteiger partial charge in [0.05, 0.1) is 6.42 Å². The van der Waals surface area contributed by atoms with E-state index in [4.69, 9.17) is 5.11 Å². The molecule has 1 amide bonds. The second-order valence-corrected chi connectivity index (χ2v) is 6.00. The van der Waals surface area contributed by atoms with E-state index in [0.717, 1.165) is 10.6 Å². The topological polar surface area (TPSA) is 70.5 Å². The molecule has 0 aliphatic carbocycles. The molecule has 6 heteroatoms. The summed E-state index contributed by atoms with van der Waals surface area (Å²) in [6, 6.07) is 9.58. The van der Waals surface area contributed by atoms with E-state index in [9.17, 15) is 9.59 Å². The third-order valence-corrected chi connectivity index (χ3v) is 4.09. The minimum atomic E-state index is -0.915. The van der Waals surface area contributed by atoms with Crippen LogP contribution in [0.3, 0.4) is 0 Å². The highest BCUT2D eigenvalue weighted by Gasteiger charge is 2.22. The fraction of sp³-hybridized carbons (Fsp3) is 0.312. The van der Waals surface area contributed by atoms with Gasteiger partial charge in [-0.25, -0.2) is 4.98 Å². The lowest BCUT2D eigenvalue weighted by Crippen LogP contribution is -2.38. The molecule has 0 aliphatic rings. The van der Waals surface area contributed by atoms with E-state index in [1.165, 1.54) is 16.2 Å². The molecule has 116 valence electrons. The van der Waals surface area contributed by atoms with Gasteiger partial charge in [0.15, 0.2) is 0 Å². The summed E-state index contributed by atoms with van der Waals surface area (Å²) in [4.78, 5) is 29.2. The van der Waals surface area contributed by atoms with Crippen molar-refractivity contribution in [3.05, 3.63) is 41.4 Å². The molecule has 0 unspecified atom stereocenters. The lowest BCUT2D eigenvalue weighted by atomic mass is 10.2. The number of hydrogen-bond acceptors (Lipinski definition) is 4. The number of benzene rings is 1. The quantitative estimate of drug-likeness (QED) is 0.888. The van der Waals surface area contributed by atoms with Crippen molar-refractivity contribution >= 4 is 23.2 Å². The van der Waals surface area contributed by atoms with Gasteiger partial charge >= 0.3 is 5.97 Å². The van der Waals surface area contributed by atoms with Crippen LogP contribution in [0.2, 0.25) is 0 Å². The molecule has 0 bridgehead atoms. The summed E-state index contributed by atoms with van der Waals surface area (Å²) in [6.45, 7) is 3.92. The van der Waals surface area contributed by atoms with Crippen LogP contribution < -0.4 is 0 Å². The zero-order valence-electron chi connectivity index (χ0n) is 12.5. The summed E-state index contributed by atoms with van der Waals surface area (Å²) in [5.74, 6) is -1.14. The minimum Gasteiger partial charge on any atom is -0.481 e. The van der Waals surface area contributed by atoms with Crippen LogP contribution in [0, 0.1) is 0 Å². The summed E-state index contributed by atoms with van der Waals surface area (Å²) < 4.78 is 0. The fourth-order valence-corrected chi connectivity index (χ4v) is 2.84. The van der Waals surface area contributed by atoms with Crippen LogP contribution in [0.5, 0.6) is 0 Å². The van der Waals surface area contributed by atoms with E-state index in [2.05, 4.69) is 4.98 Å². The first-order valence-corrected chi connectivity index (χ1v) is 7.90. The number of aliphatic carboxylic acids is 1. The number of carboxylic acid groups (broad SMARTS) is 1. The van der Waals surface area contributed by atoms with Crippen LogP contribution in [0.25, 0.3) is 10.6 Å². The van der Waals surface area contributed by atoms with Gasteiger partial charge < -0.3 is 10.0 Å². The Morgan fingerprint density at radius 2 is 1.95 bits per heavy atom. The monoisotopic (exact) mass is 318 g/mol. The molecular weight excluding hydrogens is 300 g/mol. The number of carboxylic acids is 1. The Labute approximate surface area is 133 Å². The number of carbonyl (C=O) groups excluding carboxylic acids is 1. The summed E-state index contributed by atoms with van der Waals surface area (Å²) in [7, 11) is 0. The first-order valence-electron chi connectivity index (χ1n) is 7.02. The van der Waals surface area contributed by atoms with Crippen LogP contribution in [-0.4, -0.2) is 39.5 Å². The third kappa shape index (κ3) is 3.92. The van der Waals surface area contributed by atoms with Crippen LogP contribution >= 0.6 is 11.3 Å². The molecule has 1 aromatic heterocycles. The molecule has 22 heavy (non-hydrogen) atoms. The van der Waals surface area contributed by atoms with Gasteiger partial charge in [-0.2, -0.15) is 0 Å². The predicted molar refractivity (Wildman–Crippen MR) is 86.0 cm³/mol. The zero-order valence-corrected chi connectivity index (χ0v) is 13.3. The molecule has 2 aromatic rings. The van der Waals surface area contributed by atoms with Crippen LogP contribution in [0.15, 0.2) is 35.7 Å². The van der Waals surface area contributed by atoms with E-state index >= 15 is 0 Å². The van der Waals surface area contributed by atoms with Crippen molar-refractivity contribution in [2.24, 2.45) is 0 Å². The number of hydrogen-bond donors (Lipinski definition) is 1. The van der Waals surface area contributed by atoms with E-state index in [0.29, 0.717) is 5.69 Å². The molecule has 1 aromatic carbocycles. The lowest BCUT2D eigenvalue weighted by molar-refractivity contribution is -0.137. The maximum absolute atomic E-state index is 12.5. The van der Waals surface area contributed by atoms with Crippen LogP contribution in [-0.2, 0) is 4.79 Å². The Balaban J connectivity index is 2.17. The minimum absolute atomic E-state index is 0.0698. The molecule has 0 fully saturated rings. The van der Waals surface area contributed by atoms with Gasteiger partial charge in [0.2, 0.25) is 0 Å². The highest BCUT2D eigenvalue weighted by molar-refractivity contribution is 7.13. The summed E-state index contributed by atoms with van der Waals surface area (Å²) in [6.07, 6.45) is -0.0698. The van der Waals surface area contributed by atoms with Crippen molar-refractivity contribution in [3.8, 4) is 10.6 Å². The van der Waals surface area contributed by atoms with Gasteiger partial charge in [-0.3, -0.25) is 9.59 Å². The highest BCUT2D eigenvalue weighted by Crippen LogP contribution is 2.24. The molecule has 0 spiro atoms. The summed E-state index contributed by atoms with van der Waals surface area (Å²) in [5, 5.41) is 11.3. The van der Waals surface area contributed by atoms with Crippen molar-refractivity contribution in [1.82, 2.24) is 9.88 Å². The maximum atomic E-state index is 12.5. The Bertz CT molecular complexity index is 652. The number of amides is 1. The largest absolute Gasteiger partial charge is 0.481 e. The molecule has 0 radical (unpaired) electrons. The van der Waals surface area contributed by atoms with Gasteiger partial charge in [-0.05, 0) is 13.8 Å². The van der Waals surface area contributed by atoms with E-state index < -0.39 is 5.97 Å². The lowest BCUT2D eigenvalue weighted by Gasteiger charge is -2.25. The molecule has 1 N–H and O–H groups in total. The summed E-state index contributed by atoms with van der Waals surface area (Å²) in [5.41, 5.74) is 1.33. The predicted octanol–water partition coefficient (Wildman–Crippen LogP) is 3.14. The third-order valence-electron chi connectivity index (χ3n) is 3.19. The molecule has 0 saturated heterocycles. The number of aromatic nitrogens is 1. The molecule has 0 aliphatic heterocycles. The van der Waals surface area contributed by atoms with Crippen molar-refractivity contribution in [1.29, 1.82) is 0 Å². The normalized spacial score (nSPS) is 10.7. The fourth-order valence-electron chi connectivity index (χ4n) is 2.04. The second kappa shape index (κ2) is 7.17. The van der Waals surface area contributed by atoms with Gasteiger partial charge in [0.1, 0.15) is 10.7 Å². The van der Waals surface area contributed by atoms with E-state index in [1.807, 2.05) is 44.2 Å². The SMILES string of the molecule is CC(C)N(CCC(=O)O)C(=O)c1csc(-c2ccccc2)n1. The number of nitrogens with zero attached hydrogens (tertiary/aromatic N) is 2. The molecule has 0 atom stereocenters. The number of rotatable bonds is 6. The van der Waals surface area contributed by atoms with Crippen molar-refractivity contribution < 1.29 is 14.7 Å². The Hall–Kier alpha value is -2.21. The Morgan fingerprint density at radius 3 is 2.55 bits per heavy atom. The van der Waals surface area contributed by atoms with Crippen LogP contribution in [0.1, 0.15) is 30.8 Å². The molecule has 0 saturated carbocycles. The Kier molecular flexibility index (Phi) is 5.27. The number of thiazole rings is 1. The highest BCUT2D eigenvalue weighted by atomic mass is 32.1. The first-order chi connectivity index (χ1) is 10.5. The average molecular weight is 318 g/mol. The molecule has 1 heterocycles. The standard InChI is InChI=1S/C16H18N2O3S/c1-11(2)18(9-8-14(19)20)16(21)13-10-22-15(17-13)12-6-4-3-5-7-12/h3-7,10-11H,8-9H2,1-2H3,(H,19,20). The summed E-state index contributed by atoms with van der Waals surface area (Å²) >= 11 is 1.41. The van der Waals surface area contributed by atoms with Gasteiger partial charge in [-0.15, -0.1) is 11.3 Å². The van der Waals surface area contributed by atoms with Crippen molar-refractivity contribution in [2.45, 2.75) is 26.3 Å². The van der Waals surface area contributed by atoms with Gasteiger partial charge in [-0.1, -0.05) is 30.3 Å². The van der Waals surface area contributed by atoms with Crippen molar-refractivity contribution in [2.75, 3.05) is 6.54 Å². The molecule has 2 rings (SSSR count). The maximum Gasteiger partial charge on any atom is 0.305 e. The van der Waals surface area contributed by atoms with E-state index in [-0.39, 0.29) is 24.9 Å². The van der Waals surface area contributed by atoms with Gasteiger partial charge in [0, 0.05) is 23.5 Å². The Morgan fingerprint density at radius 1 is 1.27 bits per heavy atom. The van der Waals surface area contributed by atoms with Crippen LogP contribution in [0.4, 0.5) is 0 Å². The average Bonchev–Trinajstić information content (AvgIpc) is 2.97. The zero-order chi connectivity index (χ0) is 16.1. The second-order valence-electron chi connectivity index (χ2n) is 5.14. The number of carbonyl (C=O) groups is 2.